The van der Waals surface area contributed by atoms with Crippen molar-refractivity contribution >= 4 is 17.8 Å². The average Bonchev–Trinajstić information content (AvgIpc) is 3.70. The lowest BCUT2D eigenvalue weighted by molar-refractivity contribution is -0.135. The molecule has 11 N–H and O–H groups in total. The molecule has 0 fully saturated rings. The van der Waals surface area contributed by atoms with Gasteiger partial charge < -0.3 is 42.9 Å². The molecule has 1 unspecified atom stereocenters. The van der Waals surface area contributed by atoms with Crippen molar-refractivity contribution in [2.45, 2.75) is 64.0 Å². The van der Waals surface area contributed by atoms with Crippen molar-refractivity contribution in [3.05, 3.63) is 94.7 Å². The summed E-state index contributed by atoms with van der Waals surface area (Å²) >= 11 is 0. The largest absolute Gasteiger partial charge is 0.508 e. The lowest BCUT2D eigenvalue weighted by Crippen LogP contribution is -2.62. The number of aromatic hydroxyl groups is 1. The van der Waals surface area contributed by atoms with Gasteiger partial charge in [-0.05, 0) is 73.9 Å². The molecule has 0 saturated carbocycles. The van der Waals surface area contributed by atoms with Crippen molar-refractivity contribution in [2.24, 2.45) is 33.8 Å². The highest BCUT2D eigenvalue weighted by molar-refractivity contribution is 5.93. The highest BCUT2D eigenvalue weighted by Crippen LogP contribution is 2.31. The smallest absolute Gasteiger partial charge is 0.249 e. The molecule has 0 aliphatic rings. The van der Waals surface area contributed by atoms with Crippen LogP contribution >= 0.6 is 0 Å². The molecule has 14 nitrogen and oxygen atoms in total. The standard InChI is InChI=1S/C32H42N10O4/c1-19-13-23(43)14-20(2)24(19)16-25(32(36,30(33)45)11-6-12-38-31(34)35)28(44)40-26(15-22-17-37-18-39-22)29-41-27(42-46-29)10-9-21-7-4-3-5-8-21/h3-5,7-8,13-14,17-18,25-26,43H,6,9-12,15-16,36H2,1-2H3,(H2,33,45)(H,37,39)(H,40,44)(H4,34,35,38)/t25-,26+,32?/m1/s1. The van der Waals surface area contributed by atoms with E-state index >= 15 is 0 Å². The van der Waals surface area contributed by atoms with Gasteiger partial charge in [-0.3, -0.25) is 14.6 Å². The number of aromatic nitrogens is 4. The number of hydrogen-bond acceptors (Lipinski definition) is 9. The minimum atomic E-state index is -1.78. The van der Waals surface area contributed by atoms with E-state index in [1.165, 1.54) is 6.33 Å². The van der Waals surface area contributed by atoms with Gasteiger partial charge in [0, 0.05) is 31.3 Å². The van der Waals surface area contributed by atoms with E-state index in [2.05, 4.69) is 30.4 Å². The number of imidazole rings is 1. The van der Waals surface area contributed by atoms with E-state index in [9.17, 15) is 14.7 Å². The number of phenolic OH excluding ortho intramolecular Hbond substituents is 1. The first kappa shape index (κ1) is 33.6. The van der Waals surface area contributed by atoms with Crippen LogP contribution in [0.3, 0.4) is 0 Å². The molecule has 2 amide bonds. The Morgan fingerprint density at radius 2 is 1.80 bits per heavy atom. The summed E-state index contributed by atoms with van der Waals surface area (Å²) < 4.78 is 5.65. The molecule has 2 heterocycles. The number of H-pyrrole nitrogens is 1. The number of carbonyl (C=O) groups is 2. The van der Waals surface area contributed by atoms with Gasteiger partial charge in [0.2, 0.25) is 17.7 Å². The third-order valence-corrected chi connectivity index (χ3v) is 8.09. The number of aryl methyl sites for hydroxylation is 4. The SMILES string of the molecule is Cc1cc(O)cc(C)c1C[C@H](C(=O)N[C@@H](Cc1cnc[nH]1)c1nc(CCc2ccccc2)no1)C(N)(CCCN=C(N)N)C(N)=O. The first-order valence-corrected chi connectivity index (χ1v) is 15.0. The zero-order valence-corrected chi connectivity index (χ0v) is 26.1. The Hall–Kier alpha value is -5.24. The van der Waals surface area contributed by atoms with Crippen LogP contribution in [0.25, 0.3) is 0 Å². The fourth-order valence-corrected chi connectivity index (χ4v) is 5.55. The third kappa shape index (κ3) is 8.69. The molecule has 0 radical (unpaired) electrons. The minimum Gasteiger partial charge on any atom is -0.508 e. The molecular formula is C32H42N10O4. The molecule has 0 aliphatic heterocycles. The molecular weight excluding hydrogens is 588 g/mol. The quantitative estimate of drug-likeness (QED) is 0.0532. The van der Waals surface area contributed by atoms with E-state index in [1.54, 1.807) is 18.3 Å². The van der Waals surface area contributed by atoms with Gasteiger partial charge in [0.1, 0.15) is 17.3 Å². The maximum Gasteiger partial charge on any atom is 0.249 e. The topological polar surface area (TPSA) is 250 Å². The minimum absolute atomic E-state index is 0.0305. The number of nitrogens with one attached hydrogen (secondary N) is 2. The number of benzene rings is 2. The summed E-state index contributed by atoms with van der Waals surface area (Å²) in [6.07, 6.45) is 5.03. The fraction of sp³-hybridized carbons (Fsp3) is 0.375. The Morgan fingerprint density at radius 1 is 1.09 bits per heavy atom. The molecule has 0 saturated heterocycles. The second-order valence-corrected chi connectivity index (χ2v) is 11.5. The molecule has 46 heavy (non-hydrogen) atoms. The number of primary amides is 1. The van der Waals surface area contributed by atoms with E-state index < -0.39 is 29.3 Å². The Labute approximate surface area is 267 Å². The van der Waals surface area contributed by atoms with Crippen LogP contribution in [0.5, 0.6) is 5.75 Å². The predicted octanol–water partition coefficient (Wildman–Crippen LogP) is 1.40. The van der Waals surface area contributed by atoms with Crippen LogP contribution in [0.1, 0.15) is 58.5 Å². The number of carbonyl (C=O) groups excluding carboxylic acids is 2. The number of phenols is 1. The zero-order valence-electron chi connectivity index (χ0n) is 26.1. The maximum absolute atomic E-state index is 14.3. The number of aliphatic imine (C=N–C) groups is 1. The molecule has 0 spiro atoms. The van der Waals surface area contributed by atoms with Crippen molar-refractivity contribution in [3.63, 3.8) is 0 Å². The van der Waals surface area contributed by atoms with Crippen molar-refractivity contribution in [1.29, 1.82) is 0 Å². The van der Waals surface area contributed by atoms with E-state index in [1.807, 2.05) is 44.2 Å². The first-order chi connectivity index (χ1) is 22.0. The molecule has 0 aliphatic carbocycles. The van der Waals surface area contributed by atoms with Gasteiger partial charge in [-0.1, -0.05) is 35.5 Å². The summed E-state index contributed by atoms with van der Waals surface area (Å²) in [4.78, 5) is 43.1. The van der Waals surface area contributed by atoms with Crippen LogP contribution < -0.4 is 28.3 Å². The van der Waals surface area contributed by atoms with E-state index in [4.69, 9.17) is 27.5 Å². The molecule has 244 valence electrons. The van der Waals surface area contributed by atoms with Crippen LogP contribution in [-0.2, 0) is 35.3 Å². The molecule has 0 bridgehead atoms. The molecule has 4 aromatic rings. The second kappa shape index (κ2) is 15.2. The molecule has 4 rings (SSSR count). The predicted molar refractivity (Wildman–Crippen MR) is 172 cm³/mol. The normalized spacial score (nSPS) is 13.8. The third-order valence-electron chi connectivity index (χ3n) is 8.09. The van der Waals surface area contributed by atoms with Gasteiger partial charge in [0.25, 0.3) is 0 Å². The summed E-state index contributed by atoms with van der Waals surface area (Å²) in [6.45, 7) is 3.82. The van der Waals surface area contributed by atoms with Crippen molar-refractivity contribution < 1.29 is 19.2 Å². The Kier molecular flexibility index (Phi) is 11.1. The number of hydrogen-bond donors (Lipinski definition) is 7. The summed E-state index contributed by atoms with van der Waals surface area (Å²) in [5.41, 5.74) is 25.9. The van der Waals surface area contributed by atoms with E-state index in [-0.39, 0.29) is 43.4 Å². The number of aromatic amines is 1. The van der Waals surface area contributed by atoms with Gasteiger partial charge in [-0.25, -0.2) is 4.98 Å². The summed E-state index contributed by atoms with van der Waals surface area (Å²) in [6, 6.07) is 12.3. The van der Waals surface area contributed by atoms with Crippen LogP contribution in [0.4, 0.5) is 0 Å². The maximum atomic E-state index is 14.3. The average molecular weight is 631 g/mol. The Balaban J connectivity index is 1.66. The van der Waals surface area contributed by atoms with Gasteiger partial charge in [0.05, 0.1) is 12.2 Å². The van der Waals surface area contributed by atoms with Crippen LogP contribution in [-0.4, -0.2) is 55.1 Å². The van der Waals surface area contributed by atoms with E-state index in [0.29, 0.717) is 30.8 Å². The van der Waals surface area contributed by atoms with Crippen LogP contribution in [0, 0.1) is 19.8 Å². The van der Waals surface area contributed by atoms with Crippen molar-refractivity contribution in [2.75, 3.05) is 6.54 Å². The number of nitrogens with two attached hydrogens (primary N) is 4. The van der Waals surface area contributed by atoms with Gasteiger partial charge in [-0.2, -0.15) is 4.98 Å². The highest BCUT2D eigenvalue weighted by Gasteiger charge is 2.45. The number of guanidine groups is 1. The van der Waals surface area contributed by atoms with Crippen molar-refractivity contribution in [3.8, 4) is 5.75 Å². The fourth-order valence-electron chi connectivity index (χ4n) is 5.55. The first-order valence-electron chi connectivity index (χ1n) is 15.0. The van der Waals surface area contributed by atoms with Crippen molar-refractivity contribution in [1.82, 2.24) is 25.4 Å². The van der Waals surface area contributed by atoms with Gasteiger partial charge in [0.15, 0.2) is 11.8 Å². The summed E-state index contributed by atoms with van der Waals surface area (Å²) in [7, 11) is 0. The number of amides is 2. The Bertz CT molecular complexity index is 1610. The molecule has 14 heteroatoms. The summed E-state index contributed by atoms with van der Waals surface area (Å²) in [5, 5.41) is 17.3. The van der Waals surface area contributed by atoms with Gasteiger partial charge in [-0.15, -0.1) is 0 Å². The highest BCUT2D eigenvalue weighted by atomic mass is 16.5. The Morgan fingerprint density at radius 3 is 2.43 bits per heavy atom. The lowest BCUT2D eigenvalue weighted by atomic mass is 9.75. The zero-order chi connectivity index (χ0) is 33.3. The number of nitrogens with zero attached hydrogens (tertiary/aromatic N) is 4. The van der Waals surface area contributed by atoms with Crippen LogP contribution in [0.15, 0.2) is 64.5 Å². The van der Waals surface area contributed by atoms with Crippen LogP contribution in [0.2, 0.25) is 0 Å². The molecule has 2 aromatic carbocycles. The van der Waals surface area contributed by atoms with E-state index in [0.717, 1.165) is 22.3 Å². The number of rotatable bonds is 16. The summed E-state index contributed by atoms with van der Waals surface area (Å²) in [5.74, 6) is -1.85. The monoisotopic (exact) mass is 630 g/mol. The molecule has 2 aromatic heterocycles. The molecule has 3 atom stereocenters. The second-order valence-electron chi connectivity index (χ2n) is 11.5. The van der Waals surface area contributed by atoms with Gasteiger partial charge >= 0.3 is 0 Å². The lowest BCUT2D eigenvalue weighted by Gasteiger charge is -2.35.